The number of anilines is 6. The molecular weight excluding hydrogens is 893 g/mol. The monoisotopic (exact) mass is 940 g/mol. The molecule has 0 aliphatic rings. The molecule has 0 spiro atoms. The molecule has 0 amide bonds. The Morgan fingerprint density at radius 2 is 0.473 bits per heavy atom. The van der Waals surface area contributed by atoms with E-state index in [1.54, 1.807) is 0 Å². The number of benzene rings is 14. The minimum atomic E-state index is 1.10. The molecule has 0 N–H and O–H groups in total. The number of hydrogen-bond acceptors (Lipinski definition) is 2. The Balaban J connectivity index is 0.969. The average Bonchev–Trinajstić information content (AvgIpc) is 3.48. The van der Waals surface area contributed by atoms with Gasteiger partial charge in [0.15, 0.2) is 0 Å². The summed E-state index contributed by atoms with van der Waals surface area (Å²) >= 11 is 0. The first-order chi connectivity index (χ1) is 36.7. The van der Waals surface area contributed by atoms with Crippen LogP contribution in [0.25, 0.3) is 98.4 Å². The van der Waals surface area contributed by atoms with Gasteiger partial charge in [-0.2, -0.15) is 0 Å². The van der Waals surface area contributed by atoms with Crippen LogP contribution in [0.4, 0.5) is 34.1 Å². The molecule has 14 rings (SSSR count). The summed E-state index contributed by atoms with van der Waals surface area (Å²) in [5, 5.41) is 12.4. The summed E-state index contributed by atoms with van der Waals surface area (Å²) in [6.45, 7) is 0. The Morgan fingerprint density at radius 3 is 0.838 bits per heavy atom. The van der Waals surface area contributed by atoms with Crippen molar-refractivity contribution in [2.45, 2.75) is 0 Å². The van der Waals surface area contributed by atoms with E-state index in [9.17, 15) is 0 Å². The van der Waals surface area contributed by atoms with E-state index in [1.165, 1.54) is 98.4 Å². The van der Waals surface area contributed by atoms with Crippen LogP contribution in [0.15, 0.2) is 291 Å². The van der Waals surface area contributed by atoms with Crippen LogP contribution in [-0.4, -0.2) is 0 Å². The third-order valence-electron chi connectivity index (χ3n) is 15.0. The molecule has 0 heterocycles. The first-order valence-electron chi connectivity index (χ1n) is 25.5. The molecule has 0 aliphatic carbocycles. The minimum absolute atomic E-state index is 1.10. The van der Waals surface area contributed by atoms with E-state index in [0.29, 0.717) is 0 Å². The van der Waals surface area contributed by atoms with Crippen molar-refractivity contribution >= 4 is 88.0 Å². The van der Waals surface area contributed by atoms with Gasteiger partial charge in [-0.1, -0.05) is 218 Å². The molecular formula is C72H48N2. The smallest absolute Gasteiger partial charge is 0.0540 e. The Hall–Kier alpha value is -9.76. The fraction of sp³-hybridized carbons (Fsp3) is 0. The van der Waals surface area contributed by atoms with Crippen LogP contribution in [0.2, 0.25) is 0 Å². The van der Waals surface area contributed by atoms with Crippen molar-refractivity contribution in [1.29, 1.82) is 0 Å². The lowest BCUT2D eigenvalue weighted by atomic mass is 9.82. The Labute approximate surface area is 431 Å². The summed E-state index contributed by atoms with van der Waals surface area (Å²) in [6, 6.07) is 107. The van der Waals surface area contributed by atoms with Crippen molar-refractivity contribution in [3.05, 3.63) is 291 Å². The van der Waals surface area contributed by atoms with Gasteiger partial charge in [0, 0.05) is 33.5 Å². The van der Waals surface area contributed by atoms with Gasteiger partial charge in [0.05, 0.1) is 11.4 Å². The Kier molecular flexibility index (Phi) is 10.6. The van der Waals surface area contributed by atoms with Crippen LogP contribution >= 0.6 is 0 Å². The SMILES string of the molecule is c1ccc(-c2cc(-c3ccc(N(c4ccccc4)c4cccc5ccccc45)cc3)c3ccc4c(-c5ccccc5)cc(-c5ccc(N(c6ccccc6)c6cccc7ccccc67)cc5)c5ccc2c3c45)cc1. The molecule has 74 heavy (non-hydrogen) atoms. The van der Waals surface area contributed by atoms with Crippen LogP contribution in [0.1, 0.15) is 0 Å². The second kappa shape index (κ2) is 18.1. The van der Waals surface area contributed by atoms with Crippen molar-refractivity contribution in [2.75, 3.05) is 9.80 Å². The fourth-order valence-electron chi connectivity index (χ4n) is 11.6. The Bertz CT molecular complexity index is 4030. The van der Waals surface area contributed by atoms with Crippen LogP contribution < -0.4 is 9.80 Å². The van der Waals surface area contributed by atoms with Gasteiger partial charge < -0.3 is 9.80 Å². The van der Waals surface area contributed by atoms with Gasteiger partial charge in [0.1, 0.15) is 0 Å². The van der Waals surface area contributed by atoms with Crippen molar-refractivity contribution in [3.8, 4) is 44.5 Å². The highest BCUT2D eigenvalue weighted by molar-refractivity contribution is 6.32. The number of fused-ring (bicyclic) bond motifs is 2. The van der Waals surface area contributed by atoms with Crippen molar-refractivity contribution in [1.82, 2.24) is 0 Å². The van der Waals surface area contributed by atoms with Gasteiger partial charge in [0.25, 0.3) is 0 Å². The molecule has 0 saturated heterocycles. The van der Waals surface area contributed by atoms with E-state index < -0.39 is 0 Å². The normalized spacial score (nSPS) is 11.5. The van der Waals surface area contributed by atoms with Crippen LogP contribution in [0.3, 0.4) is 0 Å². The highest BCUT2D eigenvalue weighted by atomic mass is 15.1. The summed E-state index contributed by atoms with van der Waals surface area (Å²) in [5.74, 6) is 0. The molecule has 14 aromatic carbocycles. The molecule has 0 saturated carbocycles. The van der Waals surface area contributed by atoms with E-state index in [1.807, 2.05) is 0 Å². The second-order valence-electron chi connectivity index (χ2n) is 19.2. The highest BCUT2D eigenvalue weighted by Crippen LogP contribution is 2.50. The standard InChI is InChI=1S/C72H48N2/c1-5-19-51(20-6-1)65-47-67(53-35-39-57(40-36-53)73(55-27-9-3-10-28-55)69-33-17-25-49-23-13-15-31-59(49)69)63-46-44-62-66(52-21-7-2-8-22-52)48-68(64-45-43-61(65)71(63)72(62)64)54-37-41-58(42-38-54)74(56-29-11-4-12-30-56)70-34-18-26-50-24-14-16-32-60(50)70/h1-48H. The summed E-state index contributed by atoms with van der Waals surface area (Å²) in [6.07, 6.45) is 0. The third-order valence-corrected chi connectivity index (χ3v) is 15.0. The fourth-order valence-corrected chi connectivity index (χ4v) is 11.6. The first kappa shape index (κ1) is 43.1. The lowest BCUT2D eigenvalue weighted by Crippen LogP contribution is -2.10. The van der Waals surface area contributed by atoms with Gasteiger partial charge in [-0.3, -0.25) is 0 Å². The first-order valence-corrected chi connectivity index (χ1v) is 25.5. The summed E-state index contributed by atoms with van der Waals surface area (Å²) in [7, 11) is 0. The van der Waals surface area contributed by atoms with Crippen molar-refractivity contribution < 1.29 is 0 Å². The molecule has 346 valence electrons. The zero-order valence-electron chi connectivity index (χ0n) is 40.6. The summed E-state index contributed by atoms with van der Waals surface area (Å²) < 4.78 is 0. The van der Waals surface area contributed by atoms with Crippen molar-refractivity contribution in [2.24, 2.45) is 0 Å². The van der Waals surface area contributed by atoms with Gasteiger partial charge in [0.2, 0.25) is 0 Å². The van der Waals surface area contributed by atoms with E-state index >= 15 is 0 Å². The van der Waals surface area contributed by atoms with Crippen LogP contribution in [0.5, 0.6) is 0 Å². The number of hydrogen-bond donors (Lipinski definition) is 0. The van der Waals surface area contributed by atoms with E-state index in [2.05, 4.69) is 301 Å². The predicted molar refractivity (Wildman–Crippen MR) is 316 cm³/mol. The molecule has 0 atom stereocenters. The van der Waals surface area contributed by atoms with Gasteiger partial charge in [-0.05, 0) is 160 Å². The maximum atomic E-state index is 2.43. The topological polar surface area (TPSA) is 6.48 Å². The lowest BCUT2D eigenvalue weighted by molar-refractivity contribution is 1.30. The molecule has 0 unspecified atom stereocenters. The molecule has 0 radical (unpaired) electrons. The number of nitrogens with zero attached hydrogens (tertiary/aromatic N) is 2. The minimum Gasteiger partial charge on any atom is -0.310 e. The van der Waals surface area contributed by atoms with Crippen LogP contribution in [0, 0.1) is 0 Å². The molecule has 2 nitrogen and oxygen atoms in total. The van der Waals surface area contributed by atoms with Gasteiger partial charge in [-0.15, -0.1) is 0 Å². The molecule has 0 aromatic heterocycles. The summed E-state index contributed by atoms with van der Waals surface area (Å²) in [4.78, 5) is 4.77. The molecule has 0 bridgehead atoms. The van der Waals surface area contributed by atoms with E-state index in [0.717, 1.165) is 34.1 Å². The van der Waals surface area contributed by atoms with E-state index in [4.69, 9.17) is 0 Å². The zero-order valence-corrected chi connectivity index (χ0v) is 40.6. The van der Waals surface area contributed by atoms with Crippen LogP contribution in [-0.2, 0) is 0 Å². The van der Waals surface area contributed by atoms with Crippen molar-refractivity contribution in [3.63, 3.8) is 0 Å². The van der Waals surface area contributed by atoms with Gasteiger partial charge >= 0.3 is 0 Å². The largest absolute Gasteiger partial charge is 0.310 e. The quantitative estimate of drug-likeness (QED) is 0.126. The molecule has 0 aliphatic heterocycles. The lowest BCUT2D eigenvalue weighted by Gasteiger charge is -2.27. The van der Waals surface area contributed by atoms with Gasteiger partial charge in [-0.25, -0.2) is 0 Å². The zero-order chi connectivity index (χ0) is 49.0. The predicted octanol–water partition coefficient (Wildman–Crippen LogP) is 20.5. The maximum absolute atomic E-state index is 2.43. The molecule has 2 heteroatoms. The third kappa shape index (κ3) is 7.35. The number of rotatable bonds is 10. The molecule has 0 fully saturated rings. The number of para-hydroxylation sites is 2. The molecule has 14 aromatic rings. The second-order valence-corrected chi connectivity index (χ2v) is 19.2. The van der Waals surface area contributed by atoms with E-state index in [-0.39, 0.29) is 0 Å². The summed E-state index contributed by atoms with van der Waals surface area (Å²) in [5.41, 5.74) is 16.3. The Morgan fingerprint density at radius 1 is 0.189 bits per heavy atom. The maximum Gasteiger partial charge on any atom is 0.0540 e. The average molecular weight is 941 g/mol. The highest BCUT2D eigenvalue weighted by Gasteiger charge is 2.23.